The zero-order valence-electron chi connectivity index (χ0n) is 10.8. The maximum atomic E-state index is 9.12. The van der Waals surface area contributed by atoms with Gasteiger partial charge in [0.05, 0.1) is 0 Å². The van der Waals surface area contributed by atoms with Gasteiger partial charge in [-0.2, -0.15) is 0 Å². The maximum absolute atomic E-state index is 9.12. The van der Waals surface area contributed by atoms with E-state index < -0.39 is 5.60 Å². The summed E-state index contributed by atoms with van der Waals surface area (Å²) in [7, 11) is 0. The summed E-state index contributed by atoms with van der Waals surface area (Å²) in [6.07, 6.45) is 0.532. The normalized spacial score (nSPS) is 13.2. The zero-order chi connectivity index (χ0) is 13.6. The van der Waals surface area contributed by atoms with Crippen molar-refractivity contribution in [3.63, 3.8) is 0 Å². The van der Waals surface area contributed by atoms with Crippen LogP contribution in [-0.2, 0) is 11.3 Å². The predicted molar refractivity (Wildman–Crippen MR) is 75.6 cm³/mol. The second kappa shape index (κ2) is 6.19. The molecule has 2 aromatic carbocycles. The van der Waals surface area contributed by atoms with E-state index in [1.807, 2.05) is 60.7 Å². The molecule has 19 heavy (non-hydrogen) atoms. The van der Waals surface area contributed by atoms with Gasteiger partial charge in [0.1, 0.15) is 0 Å². The minimum absolute atomic E-state index is 0.532. The molecule has 0 radical (unpaired) electrons. The maximum Gasteiger partial charge on any atom is 0.165 e. The Labute approximate surface area is 113 Å². The first kappa shape index (κ1) is 13.4. The van der Waals surface area contributed by atoms with E-state index in [4.69, 9.17) is 5.26 Å². The second-order valence-electron chi connectivity index (χ2n) is 4.60. The topological polar surface area (TPSA) is 29.5 Å². The first-order chi connectivity index (χ1) is 9.22. The Morgan fingerprint density at radius 3 is 2.16 bits per heavy atom. The Hall–Kier alpha value is -2.08. The van der Waals surface area contributed by atoms with Crippen molar-refractivity contribution in [2.24, 2.45) is 0 Å². The summed E-state index contributed by atoms with van der Waals surface area (Å²) in [6, 6.07) is 19.5. The summed E-state index contributed by atoms with van der Waals surface area (Å²) in [6.45, 7) is 1.77. The van der Waals surface area contributed by atoms with Gasteiger partial charge in [-0.15, -0.1) is 0 Å². The van der Waals surface area contributed by atoms with Crippen molar-refractivity contribution in [3.05, 3.63) is 71.8 Å². The summed E-state index contributed by atoms with van der Waals surface area (Å²) < 4.78 is 0. The fourth-order valence-corrected chi connectivity index (χ4v) is 1.81. The van der Waals surface area contributed by atoms with Crippen molar-refractivity contribution in [1.29, 1.82) is 0 Å². The van der Waals surface area contributed by atoms with E-state index in [2.05, 4.69) is 16.7 Å². The van der Waals surface area contributed by atoms with Crippen LogP contribution in [0.5, 0.6) is 0 Å². The average Bonchev–Trinajstić information content (AvgIpc) is 2.47. The van der Waals surface area contributed by atoms with E-state index in [1.165, 1.54) is 0 Å². The molecule has 0 saturated carbocycles. The molecule has 1 unspecified atom stereocenters. The van der Waals surface area contributed by atoms with Crippen LogP contribution in [0.4, 0.5) is 0 Å². The fraction of sp³-hybridized carbons (Fsp3) is 0.176. The third-order valence-corrected chi connectivity index (χ3v) is 2.83. The van der Waals surface area contributed by atoms with Crippen LogP contribution in [0.3, 0.4) is 0 Å². The van der Waals surface area contributed by atoms with E-state index in [9.17, 15) is 0 Å². The number of rotatable bonds is 3. The Bertz CT molecular complexity index is 566. The molecular weight excluding hydrogens is 236 g/mol. The van der Waals surface area contributed by atoms with Gasteiger partial charge in [-0.05, 0) is 24.6 Å². The van der Waals surface area contributed by atoms with Gasteiger partial charge in [0.2, 0.25) is 0 Å². The van der Waals surface area contributed by atoms with Gasteiger partial charge in [-0.1, -0.05) is 60.4 Å². The summed E-state index contributed by atoms with van der Waals surface area (Å²) in [5, 5.41) is 9.12. The lowest BCUT2D eigenvalue weighted by Crippen LogP contribution is -2.28. The monoisotopic (exact) mass is 252 g/mol. The molecule has 1 N–H and O–H groups in total. The van der Waals surface area contributed by atoms with E-state index in [1.54, 1.807) is 6.92 Å². The van der Waals surface area contributed by atoms with Crippen molar-refractivity contribution in [2.75, 3.05) is 0 Å². The summed E-state index contributed by atoms with van der Waals surface area (Å²) in [5.41, 5.74) is 1.07. The lowest BCUT2D eigenvalue weighted by molar-refractivity contribution is -0.298. The van der Waals surface area contributed by atoms with Crippen LogP contribution in [0.2, 0.25) is 0 Å². The van der Waals surface area contributed by atoms with Crippen molar-refractivity contribution >= 4 is 0 Å². The lowest BCUT2D eigenvalue weighted by atomic mass is 9.96. The van der Waals surface area contributed by atoms with Crippen LogP contribution in [0.15, 0.2) is 60.7 Å². The second-order valence-corrected chi connectivity index (χ2v) is 4.60. The van der Waals surface area contributed by atoms with Crippen LogP contribution in [0, 0.1) is 11.8 Å². The molecule has 0 aliphatic rings. The number of benzene rings is 2. The lowest BCUT2D eigenvalue weighted by Gasteiger charge is -2.19. The molecule has 0 saturated heterocycles. The van der Waals surface area contributed by atoms with Crippen LogP contribution < -0.4 is 0 Å². The van der Waals surface area contributed by atoms with Gasteiger partial charge >= 0.3 is 0 Å². The van der Waals surface area contributed by atoms with Gasteiger partial charge in [-0.25, -0.2) is 4.89 Å². The minimum atomic E-state index is -0.906. The Morgan fingerprint density at radius 2 is 1.58 bits per heavy atom. The highest BCUT2D eigenvalue weighted by Crippen LogP contribution is 2.16. The molecule has 96 valence electrons. The first-order valence-corrected chi connectivity index (χ1v) is 6.17. The molecule has 0 fully saturated rings. The first-order valence-electron chi connectivity index (χ1n) is 6.17. The molecule has 1 atom stereocenters. The largest absolute Gasteiger partial charge is 0.250 e. The highest BCUT2D eigenvalue weighted by atomic mass is 17.1. The Kier molecular flexibility index (Phi) is 4.35. The van der Waals surface area contributed by atoms with Gasteiger partial charge in [-0.3, -0.25) is 5.26 Å². The SMILES string of the molecule is CC(C#Cc1ccccc1)(Cc1ccccc1)OO. The Morgan fingerprint density at radius 1 is 1.00 bits per heavy atom. The van der Waals surface area contributed by atoms with Gasteiger partial charge in [0.25, 0.3) is 0 Å². The van der Waals surface area contributed by atoms with Crippen molar-refractivity contribution in [2.45, 2.75) is 18.9 Å². The summed E-state index contributed by atoms with van der Waals surface area (Å²) in [5.74, 6) is 6.01. The van der Waals surface area contributed by atoms with Crippen LogP contribution in [-0.4, -0.2) is 10.9 Å². The summed E-state index contributed by atoms with van der Waals surface area (Å²) >= 11 is 0. The molecule has 2 aromatic rings. The third kappa shape index (κ3) is 3.96. The molecule has 0 aromatic heterocycles. The van der Waals surface area contributed by atoms with Crippen molar-refractivity contribution < 1.29 is 10.1 Å². The van der Waals surface area contributed by atoms with Crippen molar-refractivity contribution in [1.82, 2.24) is 0 Å². The minimum Gasteiger partial charge on any atom is -0.250 e. The van der Waals surface area contributed by atoms with E-state index in [0.29, 0.717) is 6.42 Å². The molecule has 0 aliphatic heterocycles. The fourth-order valence-electron chi connectivity index (χ4n) is 1.81. The molecule has 2 nitrogen and oxygen atoms in total. The van der Waals surface area contributed by atoms with Gasteiger partial charge in [0, 0.05) is 12.0 Å². The third-order valence-electron chi connectivity index (χ3n) is 2.83. The number of hydrogen-bond acceptors (Lipinski definition) is 2. The molecule has 0 aliphatic carbocycles. The molecular formula is C17H16O2. The Balaban J connectivity index is 2.17. The summed E-state index contributed by atoms with van der Waals surface area (Å²) in [4.78, 5) is 4.59. The average molecular weight is 252 g/mol. The number of hydrogen-bond donors (Lipinski definition) is 1. The molecule has 0 heterocycles. The molecule has 2 rings (SSSR count). The van der Waals surface area contributed by atoms with Crippen LogP contribution in [0.1, 0.15) is 18.1 Å². The molecule has 0 amide bonds. The van der Waals surface area contributed by atoms with Gasteiger partial charge < -0.3 is 0 Å². The highest BCUT2D eigenvalue weighted by Gasteiger charge is 2.23. The van der Waals surface area contributed by atoms with Gasteiger partial charge in [0.15, 0.2) is 5.60 Å². The zero-order valence-corrected chi connectivity index (χ0v) is 10.8. The molecule has 0 spiro atoms. The molecule has 0 bridgehead atoms. The van der Waals surface area contributed by atoms with Crippen LogP contribution >= 0.6 is 0 Å². The molecule has 2 heteroatoms. The van der Waals surface area contributed by atoms with E-state index in [-0.39, 0.29) is 0 Å². The quantitative estimate of drug-likeness (QED) is 0.514. The highest BCUT2D eigenvalue weighted by molar-refractivity contribution is 5.36. The van der Waals surface area contributed by atoms with Crippen LogP contribution in [0.25, 0.3) is 0 Å². The van der Waals surface area contributed by atoms with Crippen molar-refractivity contribution in [3.8, 4) is 11.8 Å². The van der Waals surface area contributed by atoms with E-state index >= 15 is 0 Å². The van der Waals surface area contributed by atoms with E-state index in [0.717, 1.165) is 11.1 Å². The standard InChI is InChI=1S/C17H16O2/c1-17(19-18,14-16-10-6-3-7-11-16)13-12-15-8-4-2-5-9-15/h2-11,18H,14H2,1H3. The predicted octanol–water partition coefficient (Wildman–Crippen LogP) is 3.53. The smallest absolute Gasteiger partial charge is 0.165 e.